The Kier molecular flexibility index (Phi) is 3.04. The molecule has 0 radical (unpaired) electrons. The number of H-pyrrole nitrogens is 1. The van der Waals surface area contributed by atoms with Crippen LogP contribution in [0, 0.1) is 0 Å². The van der Waals surface area contributed by atoms with Crippen molar-refractivity contribution in [3.05, 3.63) is 54.0 Å². The van der Waals surface area contributed by atoms with Crippen LogP contribution >= 0.6 is 0 Å². The number of nitrogens with two attached hydrogens (primary N) is 1. The lowest BCUT2D eigenvalue weighted by Gasteiger charge is -2.06. The van der Waals surface area contributed by atoms with Gasteiger partial charge >= 0.3 is 0 Å². The molecule has 0 fully saturated rings. The van der Waals surface area contributed by atoms with Crippen LogP contribution in [0.2, 0.25) is 0 Å². The molecule has 100 valence electrons. The zero-order valence-corrected chi connectivity index (χ0v) is 10.6. The van der Waals surface area contributed by atoms with Gasteiger partial charge in [-0.15, -0.1) is 0 Å². The maximum atomic E-state index is 12.1. The van der Waals surface area contributed by atoms with E-state index in [-0.39, 0.29) is 5.91 Å². The fraction of sp³-hybridized carbons (Fsp3) is 0.0714. The highest BCUT2D eigenvalue weighted by Gasteiger charge is 2.10. The number of anilines is 1. The lowest BCUT2D eigenvalue weighted by atomic mass is 10.1. The van der Waals surface area contributed by atoms with Crippen LogP contribution in [-0.2, 0) is 6.54 Å². The molecule has 6 nitrogen and oxygen atoms in total. The maximum Gasteiger partial charge on any atom is 0.270 e. The van der Waals surface area contributed by atoms with Gasteiger partial charge in [0.1, 0.15) is 11.5 Å². The first-order valence-electron chi connectivity index (χ1n) is 6.15. The molecule has 4 N–H and O–H groups in total. The Morgan fingerprint density at radius 2 is 2.20 bits per heavy atom. The first-order valence-corrected chi connectivity index (χ1v) is 6.15. The van der Waals surface area contributed by atoms with Gasteiger partial charge < -0.3 is 11.1 Å². The Morgan fingerprint density at radius 3 is 3.00 bits per heavy atom. The van der Waals surface area contributed by atoms with Gasteiger partial charge in [-0.2, -0.15) is 5.10 Å². The molecule has 1 aromatic carbocycles. The van der Waals surface area contributed by atoms with E-state index in [9.17, 15) is 4.79 Å². The summed E-state index contributed by atoms with van der Waals surface area (Å²) in [5.41, 5.74) is 7.08. The van der Waals surface area contributed by atoms with E-state index >= 15 is 0 Å². The second-order valence-corrected chi connectivity index (χ2v) is 4.40. The molecule has 20 heavy (non-hydrogen) atoms. The number of aromatic amines is 1. The Labute approximate surface area is 115 Å². The Hall–Kier alpha value is -2.89. The molecule has 0 atom stereocenters. The summed E-state index contributed by atoms with van der Waals surface area (Å²) in [5, 5.41) is 11.0. The molecular weight excluding hydrogens is 254 g/mol. The van der Waals surface area contributed by atoms with Crippen LogP contribution in [0.1, 0.15) is 16.1 Å². The number of benzene rings is 1. The van der Waals surface area contributed by atoms with E-state index in [0.717, 1.165) is 16.3 Å². The minimum Gasteiger partial charge on any atom is -0.383 e. The summed E-state index contributed by atoms with van der Waals surface area (Å²) in [5.74, 6) is 0.0974. The fourth-order valence-corrected chi connectivity index (χ4v) is 1.99. The third-order valence-corrected chi connectivity index (χ3v) is 3.01. The molecule has 0 aliphatic rings. The molecule has 0 bridgehead atoms. The Bertz CT molecular complexity index is 751. The molecule has 3 rings (SSSR count). The monoisotopic (exact) mass is 267 g/mol. The van der Waals surface area contributed by atoms with E-state index in [1.807, 2.05) is 24.3 Å². The zero-order valence-electron chi connectivity index (χ0n) is 10.6. The lowest BCUT2D eigenvalue weighted by Crippen LogP contribution is -2.23. The molecule has 0 aliphatic heterocycles. The summed E-state index contributed by atoms with van der Waals surface area (Å²) < 4.78 is 0. The van der Waals surface area contributed by atoms with Gasteiger partial charge in [0.25, 0.3) is 5.91 Å². The summed E-state index contributed by atoms with van der Waals surface area (Å²) in [7, 11) is 0. The van der Waals surface area contributed by atoms with Crippen LogP contribution in [0.5, 0.6) is 0 Å². The number of carbonyl (C=O) groups excluding carboxylic acids is 1. The number of amides is 1. The summed E-state index contributed by atoms with van der Waals surface area (Å²) in [6.07, 6.45) is 3.38. The minimum atomic E-state index is -0.261. The van der Waals surface area contributed by atoms with Crippen molar-refractivity contribution in [2.45, 2.75) is 6.54 Å². The van der Waals surface area contributed by atoms with Crippen LogP contribution in [-0.4, -0.2) is 21.1 Å². The number of rotatable bonds is 3. The second kappa shape index (κ2) is 5.00. The van der Waals surface area contributed by atoms with Crippen molar-refractivity contribution in [2.75, 3.05) is 5.73 Å². The van der Waals surface area contributed by atoms with Crippen molar-refractivity contribution in [2.24, 2.45) is 0 Å². The van der Waals surface area contributed by atoms with Gasteiger partial charge in [0, 0.05) is 23.7 Å². The zero-order chi connectivity index (χ0) is 13.9. The minimum absolute atomic E-state index is 0.261. The van der Waals surface area contributed by atoms with E-state index in [1.54, 1.807) is 18.5 Å². The highest BCUT2D eigenvalue weighted by Crippen LogP contribution is 2.19. The van der Waals surface area contributed by atoms with Gasteiger partial charge in [0.05, 0.1) is 6.20 Å². The van der Waals surface area contributed by atoms with E-state index < -0.39 is 0 Å². The van der Waals surface area contributed by atoms with Crippen molar-refractivity contribution in [3.63, 3.8) is 0 Å². The molecule has 1 amide bonds. The smallest absolute Gasteiger partial charge is 0.270 e. The van der Waals surface area contributed by atoms with Crippen LogP contribution in [0.15, 0.2) is 42.7 Å². The number of carbonyl (C=O) groups is 1. The topological polar surface area (TPSA) is 96.7 Å². The van der Waals surface area contributed by atoms with Gasteiger partial charge in [0.2, 0.25) is 0 Å². The number of hydrogen-bond donors (Lipinski definition) is 3. The van der Waals surface area contributed by atoms with E-state index in [0.29, 0.717) is 18.1 Å². The number of fused-ring (bicyclic) bond motifs is 1. The summed E-state index contributed by atoms with van der Waals surface area (Å²) in [6, 6.07) is 9.30. The van der Waals surface area contributed by atoms with Crippen LogP contribution < -0.4 is 11.1 Å². The van der Waals surface area contributed by atoms with Crippen LogP contribution in [0.25, 0.3) is 10.8 Å². The van der Waals surface area contributed by atoms with Crippen molar-refractivity contribution in [1.29, 1.82) is 0 Å². The number of aromatic nitrogens is 3. The first kappa shape index (κ1) is 12.2. The van der Waals surface area contributed by atoms with E-state index in [4.69, 9.17) is 5.73 Å². The third-order valence-electron chi connectivity index (χ3n) is 3.01. The van der Waals surface area contributed by atoms with Crippen molar-refractivity contribution in [3.8, 4) is 0 Å². The molecule has 0 saturated heterocycles. The van der Waals surface area contributed by atoms with Gasteiger partial charge in [-0.3, -0.25) is 9.89 Å². The Morgan fingerprint density at radius 1 is 1.35 bits per heavy atom. The second-order valence-electron chi connectivity index (χ2n) is 4.40. The normalized spacial score (nSPS) is 10.6. The molecule has 0 aliphatic carbocycles. The number of nitrogens with one attached hydrogen (secondary N) is 2. The van der Waals surface area contributed by atoms with Gasteiger partial charge in [0.15, 0.2) is 0 Å². The summed E-state index contributed by atoms with van der Waals surface area (Å²) in [6.45, 7) is 0.393. The van der Waals surface area contributed by atoms with Crippen LogP contribution in [0.3, 0.4) is 0 Å². The number of nitrogens with zero attached hydrogens (tertiary/aromatic N) is 2. The molecule has 2 aromatic heterocycles. The van der Waals surface area contributed by atoms with E-state index in [2.05, 4.69) is 20.5 Å². The largest absolute Gasteiger partial charge is 0.383 e. The van der Waals surface area contributed by atoms with Crippen molar-refractivity contribution < 1.29 is 4.79 Å². The fourth-order valence-electron chi connectivity index (χ4n) is 1.99. The standard InChI is InChI=1S/C14H13N5O/c15-13-11-4-2-1-3-10(11)5-12(19-13)14(20)16-6-9-7-17-18-8-9/h1-5,7-8H,6H2,(H2,15,19)(H,16,20)(H,17,18). The molecule has 3 aromatic rings. The molecule has 0 unspecified atom stereocenters. The van der Waals surface area contributed by atoms with Crippen molar-refractivity contribution in [1.82, 2.24) is 20.5 Å². The number of pyridine rings is 1. The molecule has 0 saturated carbocycles. The van der Waals surface area contributed by atoms with Gasteiger partial charge in [-0.05, 0) is 11.5 Å². The molecule has 2 heterocycles. The number of nitrogen functional groups attached to an aromatic ring is 1. The quantitative estimate of drug-likeness (QED) is 0.669. The third kappa shape index (κ3) is 2.31. The van der Waals surface area contributed by atoms with Gasteiger partial charge in [-0.1, -0.05) is 24.3 Å². The van der Waals surface area contributed by atoms with E-state index in [1.165, 1.54) is 0 Å². The summed E-state index contributed by atoms with van der Waals surface area (Å²) >= 11 is 0. The predicted octanol–water partition coefficient (Wildman–Crippen LogP) is 1.47. The summed E-state index contributed by atoms with van der Waals surface area (Å²) in [4.78, 5) is 16.2. The molecule has 0 spiro atoms. The van der Waals surface area contributed by atoms with Gasteiger partial charge in [-0.25, -0.2) is 4.98 Å². The Balaban J connectivity index is 1.84. The average molecular weight is 267 g/mol. The predicted molar refractivity (Wildman–Crippen MR) is 75.9 cm³/mol. The highest BCUT2D eigenvalue weighted by atomic mass is 16.1. The SMILES string of the molecule is Nc1nc(C(=O)NCc2cn[nH]c2)cc2ccccc12. The average Bonchev–Trinajstić information content (AvgIpc) is 2.98. The maximum absolute atomic E-state index is 12.1. The molecule has 6 heteroatoms. The van der Waals surface area contributed by atoms with Crippen LogP contribution in [0.4, 0.5) is 5.82 Å². The number of hydrogen-bond acceptors (Lipinski definition) is 4. The molecular formula is C14H13N5O. The van der Waals surface area contributed by atoms with Crippen molar-refractivity contribution >= 4 is 22.5 Å². The first-order chi connectivity index (χ1) is 9.74. The lowest BCUT2D eigenvalue weighted by molar-refractivity contribution is 0.0946. The highest BCUT2D eigenvalue weighted by molar-refractivity contribution is 5.99.